The van der Waals surface area contributed by atoms with Gasteiger partial charge >= 0.3 is 0 Å². The third-order valence-corrected chi connectivity index (χ3v) is 6.32. The van der Waals surface area contributed by atoms with Gasteiger partial charge in [-0.3, -0.25) is 0 Å². The maximum Gasteiger partial charge on any atom is 0.125 e. The fourth-order valence-electron chi connectivity index (χ4n) is 3.28. The second kappa shape index (κ2) is 2.88. The Morgan fingerprint density at radius 3 is 1.43 bits per heavy atom. The average Bonchev–Trinajstić information content (AvgIpc) is 2.67. The molecule has 0 nitrogen and oxygen atoms in total. The van der Waals surface area contributed by atoms with Crippen LogP contribution in [0.2, 0.25) is 0 Å². The lowest BCUT2D eigenvalue weighted by Crippen LogP contribution is -1.98. The molecule has 0 N–H and O–H groups in total. The first-order chi connectivity index (χ1) is 6.47. The molecule has 3 fully saturated rings. The summed E-state index contributed by atoms with van der Waals surface area (Å²) >= 11 is 25.0. The number of hydrogen-bond acceptors (Lipinski definition) is 0. The second-order valence-electron chi connectivity index (χ2n) is 4.90. The molecule has 0 aromatic heterocycles. The highest BCUT2D eigenvalue weighted by Gasteiger charge is 2.78. The molecule has 0 amide bonds. The van der Waals surface area contributed by atoms with Crippen LogP contribution in [0.1, 0.15) is 25.7 Å². The molecule has 4 atom stereocenters. The molecule has 3 aliphatic rings. The maximum atomic E-state index is 6.26. The van der Waals surface area contributed by atoms with E-state index in [1.165, 1.54) is 12.8 Å². The van der Waals surface area contributed by atoms with Gasteiger partial charge in [0.05, 0.1) is 0 Å². The molecule has 0 aromatic rings. The first-order valence-electron chi connectivity index (χ1n) is 5.23. The van der Waals surface area contributed by atoms with Crippen LogP contribution in [-0.2, 0) is 0 Å². The molecule has 80 valence electrons. The average molecular weight is 274 g/mol. The minimum atomic E-state index is -0.529. The Labute approximate surface area is 104 Å². The molecule has 3 saturated carbocycles. The highest BCUT2D eigenvalue weighted by atomic mass is 35.5. The van der Waals surface area contributed by atoms with Gasteiger partial charge in [-0.2, -0.15) is 0 Å². The van der Waals surface area contributed by atoms with E-state index in [1.54, 1.807) is 0 Å². The Morgan fingerprint density at radius 2 is 1.07 bits per heavy atom. The standard InChI is InChI=1S/C10H12Cl4/c11-9(12)5-3-1-2-4-6-8(7(5)9)10(6,13)14/h5-8H,1-4H2/t5-,6+,7-,8-/m0/s1. The Hall–Kier alpha value is 1.16. The van der Waals surface area contributed by atoms with Crippen molar-refractivity contribution >= 4 is 46.4 Å². The van der Waals surface area contributed by atoms with E-state index in [0.29, 0.717) is 23.7 Å². The van der Waals surface area contributed by atoms with Crippen LogP contribution >= 0.6 is 46.4 Å². The van der Waals surface area contributed by atoms with Crippen molar-refractivity contribution in [3.05, 3.63) is 0 Å². The van der Waals surface area contributed by atoms with Crippen LogP contribution in [0.15, 0.2) is 0 Å². The van der Waals surface area contributed by atoms with E-state index >= 15 is 0 Å². The van der Waals surface area contributed by atoms with Crippen LogP contribution in [0.25, 0.3) is 0 Å². The summed E-state index contributed by atoms with van der Waals surface area (Å²) < 4.78 is -1.06. The van der Waals surface area contributed by atoms with E-state index in [0.717, 1.165) is 12.8 Å². The van der Waals surface area contributed by atoms with Crippen LogP contribution in [0.5, 0.6) is 0 Å². The van der Waals surface area contributed by atoms with Crippen LogP contribution in [0.3, 0.4) is 0 Å². The molecule has 0 aliphatic heterocycles. The smallest absolute Gasteiger partial charge is 0.101 e. The van der Waals surface area contributed by atoms with Crippen LogP contribution in [-0.4, -0.2) is 8.67 Å². The zero-order valence-corrected chi connectivity index (χ0v) is 10.7. The lowest BCUT2D eigenvalue weighted by Gasteiger charge is -2.03. The summed E-state index contributed by atoms with van der Waals surface area (Å²) in [5.74, 6) is 1.59. The van der Waals surface area contributed by atoms with E-state index in [2.05, 4.69) is 0 Å². The molecule has 4 heteroatoms. The molecule has 14 heavy (non-hydrogen) atoms. The van der Waals surface area contributed by atoms with Crippen molar-refractivity contribution in [3.8, 4) is 0 Å². The number of rotatable bonds is 0. The normalized spacial score (nSPS) is 52.3. The van der Waals surface area contributed by atoms with Crippen LogP contribution in [0, 0.1) is 23.7 Å². The molecule has 0 unspecified atom stereocenters. The monoisotopic (exact) mass is 272 g/mol. The summed E-state index contributed by atoms with van der Waals surface area (Å²) in [7, 11) is 0. The Kier molecular flexibility index (Phi) is 2.13. The number of fused-ring (bicyclic) bond motifs is 3. The van der Waals surface area contributed by atoms with E-state index < -0.39 is 8.67 Å². The van der Waals surface area contributed by atoms with Gasteiger partial charge in [-0.05, 0) is 24.7 Å². The number of alkyl halides is 4. The lowest BCUT2D eigenvalue weighted by molar-refractivity contribution is 0.467. The Bertz CT molecular complexity index is 245. The van der Waals surface area contributed by atoms with Gasteiger partial charge in [0.15, 0.2) is 0 Å². The van der Waals surface area contributed by atoms with E-state index in [-0.39, 0.29) is 0 Å². The molecule has 3 aliphatic carbocycles. The SMILES string of the molecule is ClC1(Cl)[C@@H]2[C@@H]3[C@H](CCCC[C@H]21)C3(Cl)Cl. The van der Waals surface area contributed by atoms with Crippen LogP contribution < -0.4 is 0 Å². The van der Waals surface area contributed by atoms with Gasteiger partial charge in [0.25, 0.3) is 0 Å². The quantitative estimate of drug-likeness (QED) is 0.574. The van der Waals surface area contributed by atoms with Crippen molar-refractivity contribution in [2.24, 2.45) is 23.7 Å². The van der Waals surface area contributed by atoms with Crippen molar-refractivity contribution in [2.45, 2.75) is 34.3 Å². The van der Waals surface area contributed by atoms with Gasteiger partial charge in [0, 0.05) is 11.8 Å². The molecule has 0 spiro atoms. The summed E-state index contributed by atoms with van der Waals surface area (Å²) in [6.07, 6.45) is 4.72. The van der Waals surface area contributed by atoms with Crippen LogP contribution in [0.4, 0.5) is 0 Å². The van der Waals surface area contributed by atoms with E-state index in [9.17, 15) is 0 Å². The fourth-order valence-corrected chi connectivity index (χ4v) is 5.16. The van der Waals surface area contributed by atoms with Crippen molar-refractivity contribution in [3.63, 3.8) is 0 Å². The fraction of sp³-hybridized carbons (Fsp3) is 1.00. The zero-order chi connectivity index (χ0) is 10.1. The Morgan fingerprint density at radius 1 is 0.714 bits per heavy atom. The third kappa shape index (κ3) is 1.21. The minimum Gasteiger partial charge on any atom is -0.101 e. The molecule has 0 bridgehead atoms. The molecule has 0 aromatic carbocycles. The third-order valence-electron chi connectivity index (χ3n) is 4.19. The second-order valence-corrected chi connectivity index (χ2v) is 7.79. The summed E-state index contributed by atoms with van der Waals surface area (Å²) in [5, 5.41) is 0. The van der Waals surface area contributed by atoms with Gasteiger partial charge in [-0.15, -0.1) is 46.4 Å². The molecule has 3 rings (SSSR count). The van der Waals surface area contributed by atoms with Crippen molar-refractivity contribution in [2.75, 3.05) is 0 Å². The number of hydrogen-bond donors (Lipinski definition) is 0. The van der Waals surface area contributed by atoms with Gasteiger partial charge in [0.1, 0.15) is 8.67 Å². The van der Waals surface area contributed by atoms with Gasteiger partial charge in [-0.1, -0.05) is 12.8 Å². The summed E-state index contributed by atoms with van der Waals surface area (Å²) in [4.78, 5) is 0. The predicted molar refractivity (Wildman–Crippen MR) is 61.3 cm³/mol. The topological polar surface area (TPSA) is 0 Å². The summed E-state index contributed by atoms with van der Waals surface area (Å²) in [5.41, 5.74) is 0. The lowest BCUT2D eigenvalue weighted by atomic mass is 10.0. The Balaban J connectivity index is 1.85. The van der Waals surface area contributed by atoms with Crippen molar-refractivity contribution in [1.29, 1.82) is 0 Å². The summed E-state index contributed by atoms with van der Waals surface area (Å²) in [6.45, 7) is 0. The van der Waals surface area contributed by atoms with Gasteiger partial charge in [-0.25, -0.2) is 0 Å². The summed E-state index contributed by atoms with van der Waals surface area (Å²) in [6, 6.07) is 0. The maximum absolute atomic E-state index is 6.26. The van der Waals surface area contributed by atoms with Gasteiger partial charge in [0.2, 0.25) is 0 Å². The highest BCUT2D eigenvalue weighted by molar-refractivity contribution is 6.53. The van der Waals surface area contributed by atoms with E-state index in [1.807, 2.05) is 0 Å². The van der Waals surface area contributed by atoms with Crippen molar-refractivity contribution in [1.82, 2.24) is 0 Å². The largest absolute Gasteiger partial charge is 0.125 e. The van der Waals surface area contributed by atoms with E-state index in [4.69, 9.17) is 46.4 Å². The molecular formula is C10H12Cl4. The number of halogens is 4. The molecule has 0 radical (unpaired) electrons. The minimum absolute atomic E-state index is 0.353. The van der Waals surface area contributed by atoms with Gasteiger partial charge < -0.3 is 0 Å². The molecule has 0 saturated heterocycles. The zero-order valence-electron chi connectivity index (χ0n) is 7.65. The first-order valence-corrected chi connectivity index (χ1v) is 6.74. The molecular weight excluding hydrogens is 262 g/mol. The predicted octanol–water partition coefficient (Wildman–Crippen LogP) is 4.40. The van der Waals surface area contributed by atoms with Crippen molar-refractivity contribution < 1.29 is 0 Å². The molecule has 0 heterocycles. The first kappa shape index (κ1) is 10.3. The highest BCUT2D eigenvalue weighted by Crippen LogP contribution is 2.77.